The van der Waals surface area contributed by atoms with Gasteiger partial charge in [0, 0.05) is 35.8 Å². The van der Waals surface area contributed by atoms with E-state index in [4.69, 9.17) is 0 Å². The van der Waals surface area contributed by atoms with Crippen LogP contribution in [0.15, 0.2) is 89.9 Å². The predicted octanol–water partition coefficient (Wildman–Crippen LogP) is 7.29. The van der Waals surface area contributed by atoms with Crippen LogP contribution in [0.4, 0.5) is 23.2 Å². The number of carbonyl (C=O) groups excluding carboxylic acids is 1. The van der Waals surface area contributed by atoms with Crippen molar-refractivity contribution < 1.29 is 22.4 Å². The van der Waals surface area contributed by atoms with Crippen molar-refractivity contribution in [3.05, 3.63) is 107 Å². The van der Waals surface area contributed by atoms with E-state index in [1.54, 1.807) is 40.1 Å². The van der Waals surface area contributed by atoms with Crippen molar-refractivity contribution in [2.45, 2.75) is 38.8 Å². The number of nitriles is 1. The fraction of sp³-hybridized carbons (Fsp3) is 0.241. The molecular weight excluding hydrogens is 482 g/mol. The molecule has 8 heteroatoms. The molecule has 0 saturated heterocycles. The largest absolute Gasteiger partial charge is 0.416 e. The van der Waals surface area contributed by atoms with Crippen LogP contribution in [0.5, 0.6) is 0 Å². The van der Waals surface area contributed by atoms with Gasteiger partial charge in [-0.3, -0.25) is 9.69 Å². The Kier molecular flexibility index (Phi) is 5.82. The molecule has 5 rings (SSSR count). The van der Waals surface area contributed by atoms with Gasteiger partial charge in [0.15, 0.2) is 5.78 Å². The number of allylic oxidation sites excluding steroid dienone is 3. The average molecular weight is 506 g/mol. The number of Topliss-reactive ketones (excluding diaryl/α,β-unsaturated/α-hetero) is 1. The smallest absolute Gasteiger partial charge is 0.309 e. The van der Waals surface area contributed by atoms with Crippen molar-refractivity contribution in [1.82, 2.24) is 4.57 Å². The first kappa shape index (κ1) is 24.6. The quantitative estimate of drug-likeness (QED) is 0.351. The highest BCUT2D eigenvalue weighted by molar-refractivity contribution is 6.03. The number of nitrogens with zero attached hydrogens (tertiary/aromatic N) is 3. The van der Waals surface area contributed by atoms with Crippen molar-refractivity contribution >= 4 is 17.3 Å². The molecule has 0 bridgehead atoms. The van der Waals surface area contributed by atoms with E-state index in [9.17, 15) is 27.6 Å². The van der Waals surface area contributed by atoms with E-state index in [0.29, 0.717) is 29.1 Å². The first-order valence-electron chi connectivity index (χ1n) is 11.8. The zero-order chi connectivity index (χ0) is 26.5. The third-order valence-electron chi connectivity index (χ3n) is 6.78. The van der Waals surface area contributed by atoms with Crippen LogP contribution in [0.25, 0.3) is 5.82 Å². The number of benzene rings is 2. The molecule has 3 aromatic rings. The summed E-state index contributed by atoms with van der Waals surface area (Å²) in [5.41, 5.74) is 0.269. The predicted molar refractivity (Wildman–Crippen MR) is 131 cm³/mol. The summed E-state index contributed by atoms with van der Waals surface area (Å²) >= 11 is 0. The summed E-state index contributed by atoms with van der Waals surface area (Å²) in [7, 11) is 0. The zero-order valence-corrected chi connectivity index (χ0v) is 20.2. The van der Waals surface area contributed by atoms with Crippen LogP contribution in [0.3, 0.4) is 0 Å². The molecule has 2 aromatic carbocycles. The molecule has 0 amide bonds. The highest BCUT2D eigenvalue weighted by Crippen LogP contribution is 2.52. The van der Waals surface area contributed by atoms with Gasteiger partial charge >= 0.3 is 6.18 Å². The number of rotatable bonds is 3. The Morgan fingerprint density at radius 1 is 1.00 bits per heavy atom. The SMILES string of the molecule is CC1(C)CC(=O)C2=C(C1)N(c1cccc(C(F)(F)F)c1)C(n1cccc1)=C(C#N)[C@H]2c1cccc(F)c1. The number of carbonyl (C=O) groups is 1. The number of hydrogen-bond donors (Lipinski definition) is 0. The van der Waals surface area contributed by atoms with Crippen LogP contribution < -0.4 is 4.90 Å². The number of ketones is 1. The lowest BCUT2D eigenvalue weighted by molar-refractivity contribution is -0.137. The first-order chi connectivity index (χ1) is 17.5. The molecule has 4 nitrogen and oxygen atoms in total. The lowest BCUT2D eigenvalue weighted by Gasteiger charge is -2.45. The Morgan fingerprint density at radius 3 is 2.35 bits per heavy atom. The fourth-order valence-corrected chi connectivity index (χ4v) is 5.31. The molecule has 188 valence electrons. The summed E-state index contributed by atoms with van der Waals surface area (Å²) in [5.74, 6) is -1.27. The molecule has 1 aliphatic heterocycles. The maximum absolute atomic E-state index is 14.3. The van der Waals surface area contributed by atoms with Gasteiger partial charge in [0.25, 0.3) is 0 Å². The molecule has 0 spiro atoms. The zero-order valence-electron chi connectivity index (χ0n) is 20.2. The molecule has 37 heavy (non-hydrogen) atoms. The van der Waals surface area contributed by atoms with Crippen molar-refractivity contribution in [2.75, 3.05) is 4.90 Å². The molecule has 1 aromatic heterocycles. The number of aromatic nitrogens is 1. The lowest BCUT2D eigenvalue weighted by Crippen LogP contribution is -2.40. The molecule has 0 radical (unpaired) electrons. The van der Waals surface area contributed by atoms with E-state index in [1.807, 2.05) is 13.8 Å². The molecule has 0 N–H and O–H groups in total. The van der Waals surface area contributed by atoms with Gasteiger partial charge in [-0.1, -0.05) is 32.0 Å². The van der Waals surface area contributed by atoms with Crippen LogP contribution in [-0.4, -0.2) is 10.4 Å². The molecule has 0 fully saturated rings. The van der Waals surface area contributed by atoms with Gasteiger partial charge in [-0.15, -0.1) is 0 Å². The van der Waals surface area contributed by atoms with Gasteiger partial charge in [-0.2, -0.15) is 18.4 Å². The van der Waals surface area contributed by atoms with E-state index >= 15 is 0 Å². The second kappa shape index (κ2) is 8.77. The second-order valence-corrected chi connectivity index (χ2v) is 10.1. The summed E-state index contributed by atoms with van der Waals surface area (Å²) in [4.78, 5) is 15.3. The normalized spacial score (nSPS) is 19.6. The number of alkyl halides is 3. The minimum absolute atomic E-state index is 0.144. The maximum Gasteiger partial charge on any atom is 0.416 e. The average Bonchev–Trinajstić information content (AvgIpc) is 3.36. The Balaban J connectivity index is 1.87. The van der Waals surface area contributed by atoms with Gasteiger partial charge in [0.2, 0.25) is 0 Å². The maximum atomic E-state index is 14.3. The Bertz CT molecular complexity index is 1490. The van der Waals surface area contributed by atoms with Gasteiger partial charge in [0.05, 0.1) is 23.1 Å². The summed E-state index contributed by atoms with van der Waals surface area (Å²) in [6, 6.07) is 16.3. The summed E-state index contributed by atoms with van der Waals surface area (Å²) < 4.78 is 57.1. The first-order valence-corrected chi connectivity index (χ1v) is 11.8. The third-order valence-corrected chi connectivity index (χ3v) is 6.78. The molecule has 0 unspecified atom stereocenters. The fourth-order valence-electron chi connectivity index (χ4n) is 5.31. The monoisotopic (exact) mass is 505 g/mol. The van der Waals surface area contributed by atoms with E-state index in [1.165, 1.54) is 30.3 Å². The van der Waals surface area contributed by atoms with Crippen molar-refractivity contribution in [1.29, 1.82) is 5.26 Å². The molecular formula is C29H23F4N3O. The van der Waals surface area contributed by atoms with E-state index in [-0.39, 0.29) is 23.5 Å². The highest BCUT2D eigenvalue weighted by atomic mass is 19.4. The van der Waals surface area contributed by atoms with Gasteiger partial charge < -0.3 is 4.57 Å². The molecule has 0 saturated carbocycles. The van der Waals surface area contributed by atoms with E-state index < -0.39 is 28.9 Å². The minimum atomic E-state index is -4.58. The van der Waals surface area contributed by atoms with Crippen LogP contribution in [0.2, 0.25) is 0 Å². The topological polar surface area (TPSA) is 49.0 Å². The second-order valence-electron chi connectivity index (χ2n) is 10.1. The van der Waals surface area contributed by atoms with Crippen molar-refractivity contribution in [3.8, 4) is 6.07 Å². The van der Waals surface area contributed by atoms with E-state index in [0.717, 1.165) is 12.1 Å². The number of anilines is 1. The van der Waals surface area contributed by atoms with Crippen LogP contribution >= 0.6 is 0 Å². The third kappa shape index (κ3) is 4.35. The summed E-state index contributed by atoms with van der Waals surface area (Å²) in [6.45, 7) is 3.85. The summed E-state index contributed by atoms with van der Waals surface area (Å²) in [6.07, 6.45) is -0.621. The van der Waals surface area contributed by atoms with E-state index in [2.05, 4.69) is 6.07 Å². The Morgan fingerprint density at radius 2 is 1.70 bits per heavy atom. The van der Waals surface area contributed by atoms with Crippen molar-refractivity contribution in [3.63, 3.8) is 0 Å². The molecule has 1 atom stereocenters. The van der Waals surface area contributed by atoms with Crippen LogP contribution in [0, 0.1) is 22.6 Å². The minimum Gasteiger partial charge on any atom is -0.309 e. The molecule has 2 aliphatic rings. The van der Waals surface area contributed by atoms with Gasteiger partial charge in [-0.25, -0.2) is 4.39 Å². The van der Waals surface area contributed by atoms with Gasteiger partial charge in [0.1, 0.15) is 11.6 Å². The van der Waals surface area contributed by atoms with Gasteiger partial charge in [-0.05, 0) is 59.9 Å². The van der Waals surface area contributed by atoms with Crippen LogP contribution in [0.1, 0.15) is 43.7 Å². The number of halogens is 4. The number of hydrogen-bond acceptors (Lipinski definition) is 3. The van der Waals surface area contributed by atoms with Crippen molar-refractivity contribution in [2.24, 2.45) is 5.41 Å². The molecule has 1 aliphatic carbocycles. The Hall–Kier alpha value is -4.12. The molecule has 2 heterocycles. The van der Waals surface area contributed by atoms with Crippen LogP contribution in [-0.2, 0) is 11.0 Å². The highest BCUT2D eigenvalue weighted by Gasteiger charge is 2.46. The Labute approximate surface area is 211 Å². The summed E-state index contributed by atoms with van der Waals surface area (Å²) in [5, 5.41) is 10.4. The lowest BCUT2D eigenvalue weighted by atomic mass is 9.68. The standard InChI is InChI=1S/C29H23F4N3O/c1-28(2)15-23-26(24(37)16-28)25(18-7-5-9-20(30)13-18)22(17-34)27(35-11-3-4-12-35)36(23)21-10-6-8-19(14-21)29(31,32)33/h3-14,25H,15-16H2,1-2H3/t25-/m1/s1.